The van der Waals surface area contributed by atoms with Crippen LogP contribution in [0, 0.1) is 0 Å². The Labute approximate surface area is 157 Å². The first kappa shape index (κ1) is 16.6. The summed E-state index contributed by atoms with van der Waals surface area (Å²) in [6, 6.07) is 6.24. The monoisotopic (exact) mass is 383 g/mol. The molecule has 1 aliphatic heterocycles. The molecule has 5 rings (SSSR count). The third-order valence-electron chi connectivity index (χ3n) is 4.71. The quantitative estimate of drug-likeness (QED) is 0.583. The third-order valence-corrected chi connectivity index (χ3v) is 4.71. The van der Waals surface area contributed by atoms with Crippen LogP contribution in [0.1, 0.15) is 23.1 Å². The third kappa shape index (κ3) is 2.73. The molecule has 0 bridgehead atoms. The van der Waals surface area contributed by atoms with Crippen LogP contribution >= 0.6 is 0 Å². The van der Waals surface area contributed by atoms with Crippen LogP contribution in [0.2, 0.25) is 0 Å². The van der Waals surface area contributed by atoms with Gasteiger partial charge in [0.1, 0.15) is 11.6 Å². The molecule has 142 valence electrons. The second-order valence-electron chi connectivity index (χ2n) is 6.31. The van der Waals surface area contributed by atoms with Crippen molar-refractivity contribution in [2.24, 2.45) is 0 Å². The summed E-state index contributed by atoms with van der Waals surface area (Å²) in [6.45, 7) is -2.25. The van der Waals surface area contributed by atoms with Gasteiger partial charge in [0.15, 0.2) is 5.75 Å². The zero-order valence-corrected chi connectivity index (χ0v) is 14.5. The fourth-order valence-electron chi connectivity index (χ4n) is 3.57. The lowest BCUT2D eigenvalue weighted by Crippen LogP contribution is -2.37. The number of aromatic amines is 1. The van der Waals surface area contributed by atoms with Crippen molar-refractivity contribution in [2.45, 2.75) is 19.1 Å². The van der Waals surface area contributed by atoms with Gasteiger partial charge in [-0.05, 0) is 24.3 Å². The summed E-state index contributed by atoms with van der Waals surface area (Å²) in [4.78, 5) is 18.4. The molecule has 1 N–H and O–H groups in total. The number of fused-ring (bicyclic) bond motifs is 2. The number of imidazole rings is 1. The molecule has 28 heavy (non-hydrogen) atoms. The molecule has 8 nitrogen and oxygen atoms in total. The fraction of sp³-hybridized carbons (Fsp3) is 0.222. The second kappa shape index (κ2) is 6.55. The first-order chi connectivity index (χ1) is 13.7. The Morgan fingerprint density at radius 1 is 1.18 bits per heavy atom. The SMILES string of the molecule is FC(F)Oc1cccn2nc(C3c4nc[nH]c4CCN3c3ncccn3)cc12. The van der Waals surface area contributed by atoms with E-state index in [0.717, 1.165) is 17.8 Å². The van der Waals surface area contributed by atoms with E-state index < -0.39 is 6.61 Å². The molecule has 0 radical (unpaired) electrons. The molecule has 0 saturated heterocycles. The Kier molecular flexibility index (Phi) is 3.89. The van der Waals surface area contributed by atoms with Crippen molar-refractivity contribution in [3.05, 3.63) is 66.3 Å². The molecule has 4 aromatic rings. The highest BCUT2D eigenvalue weighted by atomic mass is 19.3. The van der Waals surface area contributed by atoms with Gasteiger partial charge in [-0.1, -0.05) is 0 Å². The van der Waals surface area contributed by atoms with Crippen molar-refractivity contribution in [1.82, 2.24) is 29.5 Å². The molecule has 0 spiro atoms. The van der Waals surface area contributed by atoms with Crippen molar-refractivity contribution < 1.29 is 13.5 Å². The maximum Gasteiger partial charge on any atom is 0.387 e. The topological polar surface area (TPSA) is 84.2 Å². The van der Waals surface area contributed by atoms with Crippen molar-refractivity contribution in [1.29, 1.82) is 0 Å². The Hall–Kier alpha value is -3.56. The molecule has 1 atom stereocenters. The normalized spacial score (nSPS) is 16.5. The molecule has 10 heteroatoms. The number of pyridine rings is 1. The van der Waals surface area contributed by atoms with Crippen molar-refractivity contribution in [2.75, 3.05) is 11.4 Å². The fourth-order valence-corrected chi connectivity index (χ4v) is 3.57. The average Bonchev–Trinajstić information content (AvgIpc) is 3.34. The summed E-state index contributed by atoms with van der Waals surface area (Å²) in [6.07, 6.45) is 7.45. The highest BCUT2D eigenvalue weighted by molar-refractivity contribution is 5.61. The summed E-state index contributed by atoms with van der Waals surface area (Å²) < 4.78 is 31.7. The first-order valence-electron chi connectivity index (χ1n) is 8.69. The van der Waals surface area contributed by atoms with E-state index in [0.29, 0.717) is 23.7 Å². The van der Waals surface area contributed by atoms with E-state index in [9.17, 15) is 8.78 Å². The summed E-state index contributed by atoms with van der Waals surface area (Å²) >= 11 is 0. The predicted octanol–water partition coefficient (Wildman–Crippen LogP) is 2.60. The molecule has 0 aliphatic carbocycles. The van der Waals surface area contributed by atoms with E-state index in [4.69, 9.17) is 0 Å². The molecule has 0 saturated carbocycles. The Balaban J connectivity index is 1.65. The standard InChI is InChI=1S/C18H15F2N7O/c19-17(20)28-14-3-1-7-27-13(14)9-12(25-27)16-15-11(23-10-24-15)4-8-26(16)18-21-5-2-6-22-18/h1-3,5-7,9-10,16-17H,4,8H2,(H,23,24). The number of nitrogens with one attached hydrogen (secondary N) is 1. The zero-order valence-electron chi connectivity index (χ0n) is 14.5. The van der Waals surface area contributed by atoms with Gasteiger partial charge in [-0.15, -0.1) is 0 Å². The van der Waals surface area contributed by atoms with Crippen molar-refractivity contribution in [3.63, 3.8) is 0 Å². The lowest BCUT2D eigenvalue weighted by atomic mass is 10.00. The van der Waals surface area contributed by atoms with Crippen LogP contribution in [0.15, 0.2) is 49.2 Å². The maximum atomic E-state index is 12.8. The van der Waals surface area contributed by atoms with Crippen LogP contribution in [-0.4, -0.2) is 42.7 Å². The Morgan fingerprint density at radius 3 is 2.86 bits per heavy atom. The van der Waals surface area contributed by atoms with Gasteiger partial charge in [0.2, 0.25) is 5.95 Å². The van der Waals surface area contributed by atoms with Crippen LogP contribution in [0.25, 0.3) is 5.52 Å². The number of rotatable bonds is 4. The molecular formula is C18H15F2N7O. The largest absolute Gasteiger partial charge is 0.433 e. The lowest BCUT2D eigenvalue weighted by molar-refractivity contribution is -0.0490. The number of hydrogen-bond donors (Lipinski definition) is 1. The summed E-state index contributed by atoms with van der Waals surface area (Å²) in [5.74, 6) is 0.624. The van der Waals surface area contributed by atoms with Crippen LogP contribution in [0.5, 0.6) is 5.75 Å². The van der Waals surface area contributed by atoms with E-state index in [1.165, 1.54) is 10.6 Å². The number of H-pyrrole nitrogens is 1. The molecule has 0 fully saturated rings. The number of hydrogen-bond acceptors (Lipinski definition) is 6. The lowest BCUT2D eigenvalue weighted by Gasteiger charge is -2.33. The second-order valence-corrected chi connectivity index (χ2v) is 6.31. The van der Waals surface area contributed by atoms with Gasteiger partial charge in [0.25, 0.3) is 0 Å². The number of nitrogens with zero attached hydrogens (tertiary/aromatic N) is 6. The van der Waals surface area contributed by atoms with E-state index in [-0.39, 0.29) is 11.8 Å². The van der Waals surface area contributed by atoms with Crippen LogP contribution < -0.4 is 9.64 Å². The van der Waals surface area contributed by atoms with Gasteiger partial charge in [-0.3, -0.25) is 0 Å². The minimum Gasteiger partial charge on any atom is -0.433 e. The van der Waals surface area contributed by atoms with Crippen LogP contribution in [0.4, 0.5) is 14.7 Å². The number of ether oxygens (including phenoxy) is 1. The minimum atomic E-state index is -2.91. The molecule has 0 amide bonds. The number of alkyl halides is 2. The minimum absolute atomic E-state index is 0.0665. The highest BCUT2D eigenvalue weighted by Crippen LogP contribution is 2.36. The van der Waals surface area contributed by atoms with E-state index in [1.54, 1.807) is 43.1 Å². The van der Waals surface area contributed by atoms with E-state index >= 15 is 0 Å². The van der Waals surface area contributed by atoms with Gasteiger partial charge < -0.3 is 14.6 Å². The molecule has 4 aromatic heterocycles. The van der Waals surface area contributed by atoms with Gasteiger partial charge in [0, 0.05) is 37.3 Å². The van der Waals surface area contributed by atoms with Crippen molar-refractivity contribution >= 4 is 11.5 Å². The van der Waals surface area contributed by atoms with E-state index in [2.05, 4.69) is 29.8 Å². The Morgan fingerprint density at radius 2 is 2.04 bits per heavy atom. The zero-order chi connectivity index (χ0) is 19.1. The van der Waals surface area contributed by atoms with Gasteiger partial charge in [0.05, 0.1) is 17.7 Å². The van der Waals surface area contributed by atoms with E-state index in [1.807, 2.05) is 4.90 Å². The number of aromatic nitrogens is 6. The molecule has 1 unspecified atom stereocenters. The predicted molar refractivity (Wildman–Crippen MR) is 95.3 cm³/mol. The molecular weight excluding hydrogens is 368 g/mol. The molecule has 1 aliphatic rings. The smallest absolute Gasteiger partial charge is 0.387 e. The summed E-state index contributed by atoms with van der Waals surface area (Å²) in [7, 11) is 0. The van der Waals surface area contributed by atoms with Crippen molar-refractivity contribution in [3.8, 4) is 5.75 Å². The number of halogens is 2. The van der Waals surface area contributed by atoms with Crippen LogP contribution in [-0.2, 0) is 6.42 Å². The average molecular weight is 383 g/mol. The highest BCUT2D eigenvalue weighted by Gasteiger charge is 2.34. The maximum absolute atomic E-state index is 12.8. The first-order valence-corrected chi connectivity index (χ1v) is 8.69. The summed E-state index contributed by atoms with van der Waals surface area (Å²) in [5.41, 5.74) is 2.93. The van der Waals surface area contributed by atoms with Gasteiger partial charge in [-0.25, -0.2) is 19.5 Å². The van der Waals surface area contributed by atoms with Gasteiger partial charge in [-0.2, -0.15) is 13.9 Å². The van der Waals surface area contributed by atoms with Crippen LogP contribution in [0.3, 0.4) is 0 Å². The Bertz CT molecular complexity index is 1110. The molecule has 5 heterocycles. The number of anilines is 1. The summed E-state index contributed by atoms with van der Waals surface area (Å²) in [5, 5.41) is 4.60. The van der Waals surface area contributed by atoms with Gasteiger partial charge >= 0.3 is 6.61 Å². The molecule has 0 aromatic carbocycles.